The van der Waals surface area contributed by atoms with E-state index in [9.17, 15) is 13.2 Å². The van der Waals surface area contributed by atoms with Crippen molar-refractivity contribution < 1.29 is 13.2 Å². The van der Waals surface area contributed by atoms with Crippen molar-refractivity contribution in [2.45, 2.75) is 12.6 Å². The quantitative estimate of drug-likeness (QED) is 0.523. The van der Waals surface area contributed by atoms with Crippen molar-refractivity contribution in [3.63, 3.8) is 0 Å². The van der Waals surface area contributed by atoms with Crippen LogP contribution in [0.2, 0.25) is 5.15 Å². The average molecular weight is 220 g/mol. The third-order valence-electron chi connectivity index (χ3n) is 1.53. The molecule has 0 aliphatic rings. The molecular formula is C9H5ClF3N. The maximum atomic E-state index is 12.2. The van der Waals surface area contributed by atoms with Crippen LogP contribution in [0.5, 0.6) is 0 Å². The van der Waals surface area contributed by atoms with E-state index in [2.05, 4.69) is 10.9 Å². The minimum absolute atomic E-state index is 0.0101. The number of terminal acetylenes is 1. The lowest BCUT2D eigenvalue weighted by Gasteiger charge is -2.07. The van der Waals surface area contributed by atoms with E-state index < -0.39 is 11.7 Å². The molecule has 0 bridgehead atoms. The summed E-state index contributed by atoms with van der Waals surface area (Å²) < 4.78 is 36.6. The third-order valence-corrected chi connectivity index (χ3v) is 1.87. The Hall–Kier alpha value is -1.21. The van der Waals surface area contributed by atoms with E-state index >= 15 is 0 Å². The van der Waals surface area contributed by atoms with Gasteiger partial charge in [-0.3, -0.25) is 0 Å². The SMILES string of the molecule is C#CCc1cc(C(F)(F)F)cnc1Cl. The molecule has 1 nitrogen and oxygen atoms in total. The lowest BCUT2D eigenvalue weighted by Crippen LogP contribution is -2.06. The van der Waals surface area contributed by atoms with Crippen LogP contribution in [0.25, 0.3) is 0 Å². The summed E-state index contributed by atoms with van der Waals surface area (Å²) >= 11 is 5.55. The Balaban J connectivity index is 3.14. The van der Waals surface area contributed by atoms with Crippen molar-refractivity contribution in [3.05, 3.63) is 28.5 Å². The highest BCUT2D eigenvalue weighted by Gasteiger charge is 2.31. The predicted molar refractivity (Wildman–Crippen MR) is 46.8 cm³/mol. The number of aromatic nitrogens is 1. The second-order valence-electron chi connectivity index (χ2n) is 2.55. The van der Waals surface area contributed by atoms with E-state index in [1.807, 2.05) is 0 Å². The van der Waals surface area contributed by atoms with Gasteiger partial charge in [0.05, 0.1) is 5.56 Å². The Morgan fingerprint density at radius 3 is 2.64 bits per heavy atom. The molecule has 0 N–H and O–H groups in total. The van der Waals surface area contributed by atoms with Crippen LogP contribution < -0.4 is 0 Å². The number of rotatable bonds is 1. The predicted octanol–water partition coefficient (Wildman–Crippen LogP) is 2.93. The number of hydrogen-bond acceptors (Lipinski definition) is 1. The first-order valence-electron chi connectivity index (χ1n) is 3.60. The molecule has 0 aromatic carbocycles. The van der Waals surface area contributed by atoms with Gasteiger partial charge in [-0.1, -0.05) is 11.6 Å². The number of pyridine rings is 1. The number of alkyl halides is 3. The molecule has 0 radical (unpaired) electrons. The van der Waals surface area contributed by atoms with Crippen LogP contribution in [0.15, 0.2) is 12.3 Å². The van der Waals surface area contributed by atoms with Gasteiger partial charge in [-0.15, -0.1) is 12.3 Å². The largest absolute Gasteiger partial charge is 0.417 e. The highest BCUT2D eigenvalue weighted by molar-refractivity contribution is 6.30. The molecule has 0 amide bonds. The fourth-order valence-electron chi connectivity index (χ4n) is 0.883. The standard InChI is InChI=1S/C9H5ClF3N/c1-2-3-6-4-7(9(11,12)13)5-14-8(6)10/h1,4-5H,3H2. The summed E-state index contributed by atoms with van der Waals surface area (Å²) in [5.74, 6) is 2.21. The molecule has 1 heterocycles. The summed E-state index contributed by atoms with van der Waals surface area (Å²) in [4.78, 5) is 3.41. The molecule has 0 fully saturated rings. The molecule has 74 valence electrons. The lowest BCUT2D eigenvalue weighted by molar-refractivity contribution is -0.137. The van der Waals surface area contributed by atoms with Gasteiger partial charge in [0.25, 0.3) is 0 Å². The van der Waals surface area contributed by atoms with Crippen molar-refractivity contribution in [3.8, 4) is 12.3 Å². The number of halogens is 4. The van der Waals surface area contributed by atoms with E-state index in [1.54, 1.807) is 0 Å². The van der Waals surface area contributed by atoms with Crippen molar-refractivity contribution in [1.29, 1.82) is 0 Å². The minimum Gasteiger partial charge on any atom is -0.244 e. The highest BCUT2D eigenvalue weighted by atomic mass is 35.5. The molecule has 1 rings (SSSR count). The number of nitrogens with zero attached hydrogens (tertiary/aromatic N) is 1. The van der Waals surface area contributed by atoms with E-state index in [4.69, 9.17) is 18.0 Å². The Labute approximate surface area is 83.9 Å². The van der Waals surface area contributed by atoms with Gasteiger partial charge in [0.2, 0.25) is 0 Å². The maximum absolute atomic E-state index is 12.2. The zero-order valence-electron chi connectivity index (χ0n) is 6.90. The molecule has 0 saturated heterocycles. The Morgan fingerprint density at radius 1 is 1.50 bits per heavy atom. The molecule has 0 spiro atoms. The van der Waals surface area contributed by atoms with Gasteiger partial charge in [-0.2, -0.15) is 13.2 Å². The summed E-state index contributed by atoms with van der Waals surface area (Å²) in [6.45, 7) is 0. The summed E-state index contributed by atoms with van der Waals surface area (Å²) in [6, 6.07) is 0.912. The van der Waals surface area contributed by atoms with Crippen molar-refractivity contribution in [1.82, 2.24) is 4.98 Å². The lowest BCUT2D eigenvalue weighted by atomic mass is 10.1. The first-order chi connectivity index (χ1) is 6.45. The maximum Gasteiger partial charge on any atom is 0.417 e. The molecule has 0 saturated carbocycles. The average Bonchev–Trinajstić information content (AvgIpc) is 2.07. The van der Waals surface area contributed by atoms with Crippen LogP contribution in [0.4, 0.5) is 13.2 Å². The van der Waals surface area contributed by atoms with E-state index in [-0.39, 0.29) is 17.1 Å². The molecule has 14 heavy (non-hydrogen) atoms. The first-order valence-corrected chi connectivity index (χ1v) is 3.98. The topological polar surface area (TPSA) is 12.9 Å². The van der Waals surface area contributed by atoms with Gasteiger partial charge in [-0.25, -0.2) is 4.98 Å². The molecular weight excluding hydrogens is 215 g/mol. The Kier molecular flexibility index (Phi) is 3.02. The van der Waals surface area contributed by atoms with Crippen LogP contribution >= 0.6 is 11.6 Å². The van der Waals surface area contributed by atoms with Crippen molar-refractivity contribution >= 4 is 11.6 Å². The number of hydrogen-bond donors (Lipinski definition) is 0. The van der Waals surface area contributed by atoms with Crippen LogP contribution in [-0.2, 0) is 12.6 Å². The molecule has 0 unspecified atom stereocenters. The minimum atomic E-state index is -4.42. The van der Waals surface area contributed by atoms with Gasteiger partial charge in [-0.05, 0) is 6.07 Å². The molecule has 0 aliphatic carbocycles. The summed E-state index contributed by atoms with van der Waals surface area (Å²) in [6.07, 6.45) is 1.28. The van der Waals surface area contributed by atoms with Crippen molar-refractivity contribution in [2.24, 2.45) is 0 Å². The fourth-order valence-corrected chi connectivity index (χ4v) is 1.05. The van der Waals surface area contributed by atoms with Crippen LogP contribution in [-0.4, -0.2) is 4.98 Å². The van der Waals surface area contributed by atoms with E-state index in [1.165, 1.54) is 0 Å². The second kappa shape index (κ2) is 3.89. The fraction of sp³-hybridized carbons (Fsp3) is 0.222. The summed E-state index contributed by atoms with van der Waals surface area (Å²) in [7, 11) is 0. The summed E-state index contributed by atoms with van der Waals surface area (Å²) in [5, 5.41) is 0.0101. The normalized spacial score (nSPS) is 11.1. The van der Waals surface area contributed by atoms with Gasteiger partial charge in [0.1, 0.15) is 5.15 Å². The zero-order valence-corrected chi connectivity index (χ0v) is 7.65. The summed E-state index contributed by atoms with van der Waals surface area (Å²) in [5.41, 5.74) is -0.629. The molecule has 0 aliphatic heterocycles. The van der Waals surface area contributed by atoms with Gasteiger partial charge in [0.15, 0.2) is 0 Å². The first kappa shape index (κ1) is 10.9. The van der Waals surface area contributed by atoms with Crippen LogP contribution in [0.3, 0.4) is 0 Å². The molecule has 1 aromatic heterocycles. The highest BCUT2D eigenvalue weighted by Crippen LogP contribution is 2.30. The third kappa shape index (κ3) is 2.39. The van der Waals surface area contributed by atoms with Gasteiger partial charge >= 0.3 is 6.18 Å². The van der Waals surface area contributed by atoms with Crippen LogP contribution in [0, 0.1) is 12.3 Å². The van der Waals surface area contributed by atoms with Gasteiger partial charge < -0.3 is 0 Å². The van der Waals surface area contributed by atoms with E-state index in [0.717, 1.165) is 6.07 Å². The van der Waals surface area contributed by atoms with E-state index in [0.29, 0.717) is 6.20 Å². The molecule has 0 atom stereocenters. The second-order valence-corrected chi connectivity index (χ2v) is 2.91. The molecule has 1 aromatic rings. The zero-order chi connectivity index (χ0) is 10.8. The Bertz CT molecular complexity index is 379. The van der Waals surface area contributed by atoms with Crippen LogP contribution in [0.1, 0.15) is 11.1 Å². The van der Waals surface area contributed by atoms with Crippen molar-refractivity contribution in [2.75, 3.05) is 0 Å². The molecule has 5 heteroatoms. The Morgan fingerprint density at radius 2 is 2.14 bits per heavy atom. The van der Waals surface area contributed by atoms with Gasteiger partial charge in [0, 0.05) is 18.2 Å². The monoisotopic (exact) mass is 219 g/mol. The smallest absolute Gasteiger partial charge is 0.244 e.